The summed E-state index contributed by atoms with van der Waals surface area (Å²) in [5.74, 6) is -0.185. The zero-order valence-electron chi connectivity index (χ0n) is 9.76. The van der Waals surface area contributed by atoms with E-state index in [0.29, 0.717) is 6.61 Å². The number of hydrogen-bond donors (Lipinski definition) is 3. The number of aromatic amines is 1. The van der Waals surface area contributed by atoms with Gasteiger partial charge >= 0.3 is 22.3 Å². The third-order valence-corrected chi connectivity index (χ3v) is 2.36. The van der Waals surface area contributed by atoms with Crippen LogP contribution in [0.4, 0.5) is 10.7 Å². The van der Waals surface area contributed by atoms with E-state index in [0.717, 1.165) is 0 Å². The molecule has 3 N–H and O–H groups in total. The second-order valence-electron chi connectivity index (χ2n) is 2.83. The van der Waals surface area contributed by atoms with Crippen molar-refractivity contribution in [1.82, 2.24) is 19.9 Å². The zero-order valence-corrected chi connectivity index (χ0v) is 10.6. The van der Waals surface area contributed by atoms with Crippen molar-refractivity contribution in [2.75, 3.05) is 17.9 Å². The molecule has 0 radical (unpaired) electrons. The van der Waals surface area contributed by atoms with Gasteiger partial charge in [0.1, 0.15) is 0 Å². The van der Waals surface area contributed by atoms with E-state index in [2.05, 4.69) is 19.9 Å². The number of nitrogens with one attached hydrogen (secondary N) is 3. The van der Waals surface area contributed by atoms with Crippen molar-refractivity contribution in [3.05, 3.63) is 0 Å². The molecular weight excluding hydrogens is 266 g/mol. The Labute approximate surface area is 103 Å². The van der Waals surface area contributed by atoms with Gasteiger partial charge in [-0.05, 0) is 13.8 Å². The Kier molecular flexibility index (Phi) is 4.71. The molecule has 0 aliphatic heterocycles. The van der Waals surface area contributed by atoms with Crippen LogP contribution in [0, 0.1) is 0 Å². The van der Waals surface area contributed by atoms with Crippen molar-refractivity contribution in [2.24, 2.45) is 0 Å². The van der Waals surface area contributed by atoms with Gasteiger partial charge in [-0.25, -0.2) is 19.3 Å². The van der Waals surface area contributed by atoms with Crippen LogP contribution in [0.3, 0.4) is 0 Å². The quantitative estimate of drug-likeness (QED) is 0.645. The number of amides is 1. The Morgan fingerprint density at radius 2 is 2.11 bits per heavy atom. The number of ether oxygens (including phenoxy) is 2. The summed E-state index contributed by atoms with van der Waals surface area (Å²) in [5, 5.41) is 5.86. The Morgan fingerprint density at radius 3 is 2.72 bits per heavy atom. The van der Waals surface area contributed by atoms with Gasteiger partial charge in [-0.15, -0.1) is 5.10 Å². The Morgan fingerprint density at radius 1 is 1.39 bits per heavy atom. The lowest BCUT2D eigenvalue weighted by molar-refractivity contribution is 0.159. The van der Waals surface area contributed by atoms with Crippen molar-refractivity contribution >= 4 is 22.3 Å². The maximum atomic E-state index is 11.4. The van der Waals surface area contributed by atoms with E-state index in [1.54, 1.807) is 18.6 Å². The second-order valence-corrected chi connectivity index (χ2v) is 4.24. The predicted molar refractivity (Wildman–Crippen MR) is 60.3 cm³/mol. The average Bonchev–Trinajstić information content (AvgIpc) is 2.64. The molecule has 11 heteroatoms. The van der Waals surface area contributed by atoms with Crippen molar-refractivity contribution < 1.29 is 22.7 Å². The van der Waals surface area contributed by atoms with E-state index in [1.165, 1.54) is 0 Å². The molecule has 0 spiro atoms. The van der Waals surface area contributed by atoms with Crippen LogP contribution >= 0.6 is 0 Å². The summed E-state index contributed by atoms with van der Waals surface area (Å²) in [5.41, 5.74) is 0. The molecule has 1 heterocycles. The smallest absolute Gasteiger partial charge is 0.422 e. The maximum Gasteiger partial charge on any atom is 0.422 e. The lowest BCUT2D eigenvalue weighted by Crippen LogP contribution is -2.36. The molecule has 0 aliphatic rings. The van der Waals surface area contributed by atoms with E-state index in [4.69, 9.17) is 4.74 Å². The molecule has 1 aromatic rings. The first-order valence-electron chi connectivity index (χ1n) is 4.99. The third-order valence-electron chi connectivity index (χ3n) is 1.46. The van der Waals surface area contributed by atoms with Crippen molar-refractivity contribution in [3.8, 4) is 6.01 Å². The molecule has 1 amide bonds. The van der Waals surface area contributed by atoms with Crippen LogP contribution in [0.25, 0.3) is 0 Å². The molecular formula is C7H13N5O5S. The fourth-order valence-corrected chi connectivity index (χ4v) is 1.58. The molecule has 10 nitrogen and oxygen atoms in total. The predicted octanol–water partition coefficient (Wildman–Crippen LogP) is -0.394. The lowest BCUT2D eigenvalue weighted by Gasteiger charge is -2.06. The highest BCUT2D eigenvalue weighted by Crippen LogP contribution is 2.06. The lowest BCUT2D eigenvalue weighted by atomic mass is 10.9. The van der Waals surface area contributed by atoms with Crippen LogP contribution in [0.2, 0.25) is 0 Å². The maximum absolute atomic E-state index is 11.4. The van der Waals surface area contributed by atoms with E-state index in [-0.39, 0.29) is 18.6 Å². The molecule has 102 valence electrons. The first kappa shape index (κ1) is 14.0. The Bertz CT molecular complexity index is 498. The summed E-state index contributed by atoms with van der Waals surface area (Å²) in [4.78, 5) is 14.6. The van der Waals surface area contributed by atoms with E-state index < -0.39 is 16.3 Å². The van der Waals surface area contributed by atoms with Gasteiger partial charge in [0.25, 0.3) is 0 Å². The summed E-state index contributed by atoms with van der Waals surface area (Å²) < 4.78 is 35.7. The number of carbonyl (C=O) groups is 1. The molecule has 0 saturated heterocycles. The minimum absolute atomic E-state index is 0.00802. The molecule has 0 atom stereocenters. The number of nitrogens with zero attached hydrogens (tertiary/aromatic N) is 2. The highest BCUT2D eigenvalue weighted by molar-refractivity contribution is 7.91. The number of carbonyl (C=O) groups excluding carboxylic acids is 1. The topological polar surface area (TPSA) is 135 Å². The van der Waals surface area contributed by atoms with Gasteiger partial charge in [0.05, 0.1) is 13.2 Å². The molecule has 1 aromatic heterocycles. The fraction of sp³-hybridized carbons (Fsp3) is 0.571. The first-order valence-corrected chi connectivity index (χ1v) is 6.47. The van der Waals surface area contributed by atoms with E-state index >= 15 is 0 Å². The highest BCUT2D eigenvalue weighted by Gasteiger charge is 2.17. The van der Waals surface area contributed by atoms with Gasteiger partial charge in [-0.1, -0.05) is 0 Å². The third kappa shape index (κ3) is 4.45. The van der Waals surface area contributed by atoms with Gasteiger partial charge in [0, 0.05) is 0 Å². The summed E-state index contributed by atoms with van der Waals surface area (Å²) in [7, 11) is -4.12. The molecule has 0 bridgehead atoms. The van der Waals surface area contributed by atoms with Crippen molar-refractivity contribution in [3.63, 3.8) is 0 Å². The van der Waals surface area contributed by atoms with Gasteiger partial charge in [-0.3, -0.25) is 0 Å². The Hall–Kier alpha value is -2.04. The molecule has 0 fully saturated rings. The number of rotatable bonds is 6. The van der Waals surface area contributed by atoms with Gasteiger partial charge < -0.3 is 9.47 Å². The van der Waals surface area contributed by atoms with E-state index in [9.17, 15) is 13.2 Å². The molecule has 0 saturated carbocycles. The summed E-state index contributed by atoms with van der Waals surface area (Å²) >= 11 is 0. The summed E-state index contributed by atoms with van der Waals surface area (Å²) in [6, 6.07) is -0.00802. The highest BCUT2D eigenvalue weighted by atomic mass is 32.2. The molecule has 1 rings (SSSR count). The van der Waals surface area contributed by atoms with Gasteiger partial charge in [0.2, 0.25) is 5.95 Å². The standard InChI is InChI=1S/C7H13N5O5S/c1-3-16-6-8-5(9-10-6)11-18(14,15)12-7(13)17-4-2/h3-4H2,1-2H3,(H,12,13)(H2,8,9,10,11). The van der Waals surface area contributed by atoms with Crippen LogP contribution in [0.15, 0.2) is 0 Å². The first-order chi connectivity index (χ1) is 8.46. The van der Waals surface area contributed by atoms with Crippen LogP contribution in [0.5, 0.6) is 6.01 Å². The normalized spacial score (nSPS) is 10.8. The number of hydrogen-bond acceptors (Lipinski definition) is 7. The molecule has 0 aromatic carbocycles. The number of aromatic nitrogens is 3. The minimum Gasteiger partial charge on any atom is -0.463 e. The fourth-order valence-electron chi connectivity index (χ4n) is 0.909. The SMILES string of the molecule is CCOC(=O)NS(=O)(=O)Nc1nc(OCC)n[nH]1. The molecule has 0 aliphatic carbocycles. The summed E-state index contributed by atoms with van der Waals surface area (Å²) in [6.07, 6.45) is -1.09. The van der Waals surface area contributed by atoms with Crippen LogP contribution in [-0.4, -0.2) is 42.9 Å². The average molecular weight is 279 g/mol. The van der Waals surface area contributed by atoms with Gasteiger partial charge in [-0.2, -0.15) is 13.4 Å². The van der Waals surface area contributed by atoms with Crippen molar-refractivity contribution in [1.29, 1.82) is 0 Å². The summed E-state index contributed by atoms with van der Waals surface area (Å²) in [6.45, 7) is 3.66. The largest absolute Gasteiger partial charge is 0.463 e. The van der Waals surface area contributed by atoms with Crippen molar-refractivity contribution in [2.45, 2.75) is 13.8 Å². The van der Waals surface area contributed by atoms with Crippen LogP contribution in [-0.2, 0) is 14.9 Å². The Balaban J connectivity index is 2.61. The molecule has 18 heavy (non-hydrogen) atoms. The number of H-pyrrole nitrogens is 1. The van der Waals surface area contributed by atoms with E-state index in [1.807, 2.05) is 4.72 Å². The monoisotopic (exact) mass is 279 g/mol. The zero-order chi connectivity index (χ0) is 13.6. The van der Waals surface area contributed by atoms with Gasteiger partial charge in [0.15, 0.2) is 0 Å². The second kappa shape index (κ2) is 6.05. The van der Waals surface area contributed by atoms with Crippen LogP contribution < -0.4 is 14.2 Å². The number of anilines is 1. The minimum atomic E-state index is -4.12. The molecule has 0 unspecified atom stereocenters. The van der Waals surface area contributed by atoms with Crippen LogP contribution in [0.1, 0.15) is 13.8 Å².